The molecule has 0 spiro atoms. The quantitative estimate of drug-likeness (QED) is 0.725. The Balaban J connectivity index is 1.69. The number of aromatic nitrogens is 1. The van der Waals surface area contributed by atoms with Crippen LogP contribution in [0.1, 0.15) is 23.7 Å². The molecule has 2 aromatic carbocycles. The van der Waals surface area contributed by atoms with E-state index in [4.69, 9.17) is 0 Å². The zero-order chi connectivity index (χ0) is 17.1. The highest BCUT2D eigenvalue weighted by Gasteiger charge is 2.10. The topological polar surface area (TPSA) is 68.2 Å². The zero-order valence-corrected chi connectivity index (χ0v) is 13.9. The van der Waals surface area contributed by atoms with Gasteiger partial charge in [0, 0.05) is 24.2 Å². The average molecular weight is 340 g/mol. The molecule has 0 aliphatic carbocycles. The number of ketones is 1. The summed E-state index contributed by atoms with van der Waals surface area (Å²) in [4.78, 5) is 35.5. The lowest BCUT2D eigenvalue weighted by molar-refractivity contribution is -0.116. The molecule has 1 aromatic heterocycles. The van der Waals surface area contributed by atoms with E-state index < -0.39 is 0 Å². The summed E-state index contributed by atoms with van der Waals surface area (Å²) in [6.45, 7) is 1.80. The summed E-state index contributed by atoms with van der Waals surface area (Å²) < 4.78 is 2.53. The van der Waals surface area contributed by atoms with Crippen LogP contribution in [0.3, 0.4) is 0 Å². The van der Waals surface area contributed by atoms with Crippen molar-refractivity contribution in [2.24, 2.45) is 0 Å². The van der Waals surface area contributed by atoms with Crippen molar-refractivity contribution in [2.75, 3.05) is 5.32 Å². The molecule has 24 heavy (non-hydrogen) atoms. The second-order valence-corrected chi connectivity index (χ2v) is 6.42. The largest absolute Gasteiger partial charge is 0.326 e. The summed E-state index contributed by atoms with van der Waals surface area (Å²) in [7, 11) is 0. The predicted octanol–water partition coefficient (Wildman–Crippen LogP) is 3.29. The van der Waals surface area contributed by atoms with E-state index >= 15 is 0 Å². The van der Waals surface area contributed by atoms with Gasteiger partial charge in [-0.15, -0.1) is 0 Å². The normalized spacial score (nSPS) is 10.7. The number of hydrogen-bond acceptors (Lipinski definition) is 4. The molecular weight excluding hydrogens is 324 g/mol. The Morgan fingerprint density at radius 2 is 1.92 bits per heavy atom. The maximum Gasteiger partial charge on any atom is 0.308 e. The molecular formula is C18H16N2O3S. The fraction of sp³-hybridized carbons (Fsp3) is 0.167. The molecule has 0 saturated heterocycles. The Hall–Kier alpha value is -2.73. The highest BCUT2D eigenvalue weighted by Crippen LogP contribution is 2.17. The van der Waals surface area contributed by atoms with Crippen molar-refractivity contribution >= 4 is 38.9 Å². The number of para-hydroxylation sites is 1. The van der Waals surface area contributed by atoms with Gasteiger partial charge >= 0.3 is 4.87 Å². The van der Waals surface area contributed by atoms with E-state index in [1.54, 1.807) is 28.8 Å². The fourth-order valence-corrected chi connectivity index (χ4v) is 3.40. The van der Waals surface area contributed by atoms with Crippen molar-refractivity contribution in [3.05, 3.63) is 63.8 Å². The van der Waals surface area contributed by atoms with Crippen molar-refractivity contribution < 1.29 is 9.59 Å². The lowest BCUT2D eigenvalue weighted by Gasteiger charge is -2.07. The maximum absolute atomic E-state index is 12.1. The van der Waals surface area contributed by atoms with E-state index in [-0.39, 0.29) is 23.0 Å². The van der Waals surface area contributed by atoms with Gasteiger partial charge in [0.15, 0.2) is 5.78 Å². The Bertz CT molecular complexity index is 972. The van der Waals surface area contributed by atoms with Gasteiger partial charge in [-0.05, 0) is 31.2 Å². The summed E-state index contributed by atoms with van der Waals surface area (Å²) in [5.74, 6) is -0.250. The Morgan fingerprint density at radius 1 is 1.12 bits per heavy atom. The molecule has 1 N–H and O–H groups in total. The number of nitrogens with zero attached hydrogens (tertiary/aromatic N) is 1. The van der Waals surface area contributed by atoms with Crippen LogP contribution in [0, 0.1) is 0 Å². The highest BCUT2D eigenvalue weighted by molar-refractivity contribution is 7.16. The molecule has 3 rings (SSSR count). The number of benzene rings is 2. The highest BCUT2D eigenvalue weighted by atomic mass is 32.1. The van der Waals surface area contributed by atoms with Crippen LogP contribution in [0.5, 0.6) is 0 Å². The van der Waals surface area contributed by atoms with Gasteiger partial charge in [0.25, 0.3) is 0 Å². The van der Waals surface area contributed by atoms with Gasteiger partial charge in [-0.2, -0.15) is 0 Å². The molecule has 122 valence electrons. The second-order valence-electron chi connectivity index (χ2n) is 5.42. The molecule has 0 atom stereocenters. The van der Waals surface area contributed by atoms with Crippen LogP contribution in [-0.2, 0) is 11.3 Å². The SMILES string of the molecule is CC(=O)c1cccc(NC(=O)CCn2c(=O)sc3ccccc32)c1. The minimum atomic E-state index is -0.196. The van der Waals surface area contributed by atoms with E-state index in [0.29, 0.717) is 17.8 Å². The standard InChI is InChI=1S/C18H16N2O3S/c1-12(21)13-5-4-6-14(11-13)19-17(22)9-10-20-15-7-2-3-8-16(15)24-18(20)23/h2-8,11H,9-10H2,1H3,(H,19,22). The van der Waals surface area contributed by atoms with Crippen molar-refractivity contribution in [3.8, 4) is 0 Å². The molecule has 0 radical (unpaired) electrons. The van der Waals surface area contributed by atoms with Crippen molar-refractivity contribution in [2.45, 2.75) is 19.9 Å². The molecule has 3 aromatic rings. The van der Waals surface area contributed by atoms with Gasteiger partial charge in [-0.3, -0.25) is 19.0 Å². The lowest BCUT2D eigenvalue weighted by atomic mass is 10.1. The first-order valence-corrected chi connectivity index (χ1v) is 8.35. The van der Waals surface area contributed by atoms with Crippen LogP contribution in [0.15, 0.2) is 53.3 Å². The average Bonchev–Trinajstić information content (AvgIpc) is 2.88. The van der Waals surface area contributed by atoms with Crippen LogP contribution in [-0.4, -0.2) is 16.3 Å². The van der Waals surface area contributed by atoms with Gasteiger partial charge < -0.3 is 5.32 Å². The van der Waals surface area contributed by atoms with E-state index in [1.165, 1.54) is 18.3 Å². The third-order valence-corrected chi connectivity index (χ3v) is 4.65. The van der Waals surface area contributed by atoms with Gasteiger partial charge in [0.2, 0.25) is 5.91 Å². The third-order valence-electron chi connectivity index (χ3n) is 3.69. The maximum atomic E-state index is 12.1. The Kier molecular flexibility index (Phi) is 4.57. The smallest absolute Gasteiger partial charge is 0.308 e. The number of thiazole rings is 1. The summed E-state index contributed by atoms with van der Waals surface area (Å²) in [5.41, 5.74) is 1.97. The van der Waals surface area contributed by atoms with Crippen LogP contribution in [0.2, 0.25) is 0 Å². The van der Waals surface area contributed by atoms with Gasteiger partial charge in [-0.1, -0.05) is 35.6 Å². The van der Waals surface area contributed by atoms with Gasteiger partial charge in [0.05, 0.1) is 10.2 Å². The van der Waals surface area contributed by atoms with Crippen molar-refractivity contribution in [1.82, 2.24) is 4.57 Å². The molecule has 0 saturated carbocycles. The Morgan fingerprint density at radius 3 is 2.71 bits per heavy atom. The molecule has 6 heteroatoms. The number of nitrogens with one attached hydrogen (secondary N) is 1. The Labute approximate surface area is 142 Å². The molecule has 5 nitrogen and oxygen atoms in total. The fourth-order valence-electron chi connectivity index (χ4n) is 2.48. The lowest BCUT2D eigenvalue weighted by Crippen LogP contribution is -2.19. The first-order valence-electron chi connectivity index (χ1n) is 7.54. The number of carbonyl (C=O) groups excluding carboxylic acids is 2. The van der Waals surface area contributed by atoms with E-state index in [9.17, 15) is 14.4 Å². The third kappa shape index (κ3) is 3.44. The van der Waals surface area contributed by atoms with Crippen LogP contribution >= 0.6 is 11.3 Å². The number of hydrogen-bond donors (Lipinski definition) is 1. The number of amides is 1. The first kappa shape index (κ1) is 16.1. The molecule has 0 bridgehead atoms. The number of carbonyl (C=O) groups is 2. The summed E-state index contributed by atoms with van der Waals surface area (Å²) in [6, 6.07) is 14.3. The summed E-state index contributed by atoms with van der Waals surface area (Å²) in [5, 5.41) is 2.76. The van der Waals surface area contributed by atoms with Crippen molar-refractivity contribution in [3.63, 3.8) is 0 Å². The molecule has 0 fully saturated rings. The minimum absolute atomic E-state index is 0.0533. The molecule has 1 heterocycles. The number of fused-ring (bicyclic) bond motifs is 1. The van der Waals surface area contributed by atoms with Crippen LogP contribution < -0.4 is 10.2 Å². The second kappa shape index (κ2) is 6.80. The predicted molar refractivity (Wildman–Crippen MR) is 95.8 cm³/mol. The number of rotatable bonds is 5. The summed E-state index contributed by atoms with van der Waals surface area (Å²) >= 11 is 1.18. The number of Topliss-reactive ketones (excluding diaryl/α,β-unsaturated/α-hetero) is 1. The molecule has 0 aliphatic rings. The number of anilines is 1. The molecule has 1 amide bonds. The first-order chi connectivity index (χ1) is 11.5. The van der Waals surface area contributed by atoms with E-state index in [2.05, 4.69) is 5.32 Å². The van der Waals surface area contributed by atoms with Crippen molar-refractivity contribution in [1.29, 1.82) is 0 Å². The molecule has 0 unspecified atom stereocenters. The van der Waals surface area contributed by atoms with E-state index in [1.807, 2.05) is 24.3 Å². The van der Waals surface area contributed by atoms with E-state index in [0.717, 1.165) is 10.2 Å². The van der Waals surface area contributed by atoms with Gasteiger partial charge in [-0.25, -0.2) is 0 Å². The van der Waals surface area contributed by atoms with Crippen LogP contribution in [0.4, 0.5) is 5.69 Å². The molecule has 0 aliphatic heterocycles. The summed E-state index contributed by atoms with van der Waals surface area (Å²) in [6.07, 6.45) is 0.185. The monoisotopic (exact) mass is 340 g/mol. The van der Waals surface area contributed by atoms with Crippen LogP contribution in [0.25, 0.3) is 10.2 Å². The van der Waals surface area contributed by atoms with Gasteiger partial charge in [0.1, 0.15) is 0 Å². The zero-order valence-electron chi connectivity index (χ0n) is 13.1. The minimum Gasteiger partial charge on any atom is -0.326 e. The number of aryl methyl sites for hydroxylation is 1.